The molecular formula is C25H26N2O4. The number of benzene rings is 2. The van der Waals surface area contributed by atoms with Crippen LogP contribution in [-0.2, 0) is 0 Å². The average Bonchev–Trinajstić information content (AvgIpc) is 2.82. The van der Waals surface area contributed by atoms with Crippen LogP contribution in [0, 0.1) is 5.41 Å². The SMILES string of the molecule is O=C(c1cccc(-c2cc3ccccc3oc2=O)c1)N1CC[C@@]2(CO)CCCN[C@@H]2C1. The number of hydrogen-bond donors (Lipinski definition) is 2. The molecule has 2 atom stereocenters. The van der Waals surface area contributed by atoms with Gasteiger partial charge in [-0.3, -0.25) is 4.79 Å². The van der Waals surface area contributed by atoms with Crippen LogP contribution in [0.5, 0.6) is 0 Å². The van der Waals surface area contributed by atoms with Gasteiger partial charge in [0.15, 0.2) is 0 Å². The highest BCUT2D eigenvalue weighted by Gasteiger charge is 2.45. The molecule has 2 fully saturated rings. The average molecular weight is 418 g/mol. The Bertz CT molecular complexity index is 1190. The number of nitrogens with zero attached hydrogens (tertiary/aromatic N) is 1. The van der Waals surface area contributed by atoms with Gasteiger partial charge >= 0.3 is 5.63 Å². The number of nitrogens with one attached hydrogen (secondary N) is 1. The minimum atomic E-state index is -0.416. The Hall–Kier alpha value is -2.96. The molecular weight excluding hydrogens is 392 g/mol. The lowest BCUT2D eigenvalue weighted by molar-refractivity contribution is -0.00882. The molecule has 3 heterocycles. The third kappa shape index (κ3) is 3.56. The van der Waals surface area contributed by atoms with E-state index in [-0.39, 0.29) is 24.0 Å². The van der Waals surface area contributed by atoms with Crippen LogP contribution in [0.15, 0.2) is 63.8 Å². The molecule has 2 aromatic carbocycles. The number of carbonyl (C=O) groups is 1. The largest absolute Gasteiger partial charge is 0.422 e. The Balaban J connectivity index is 1.42. The summed E-state index contributed by atoms with van der Waals surface area (Å²) in [7, 11) is 0. The summed E-state index contributed by atoms with van der Waals surface area (Å²) >= 11 is 0. The van der Waals surface area contributed by atoms with Crippen LogP contribution in [0.2, 0.25) is 0 Å². The van der Waals surface area contributed by atoms with E-state index in [1.807, 2.05) is 35.2 Å². The first kappa shape index (κ1) is 20.0. The maximum absolute atomic E-state index is 13.3. The Morgan fingerprint density at radius 3 is 2.90 bits per heavy atom. The monoisotopic (exact) mass is 418 g/mol. The van der Waals surface area contributed by atoms with Crippen molar-refractivity contribution in [3.63, 3.8) is 0 Å². The van der Waals surface area contributed by atoms with E-state index in [0.29, 0.717) is 35.4 Å². The molecule has 1 amide bonds. The Morgan fingerprint density at radius 1 is 1.16 bits per heavy atom. The first-order valence-corrected chi connectivity index (χ1v) is 10.9. The molecule has 160 valence electrons. The van der Waals surface area contributed by atoms with Gasteiger partial charge in [-0.2, -0.15) is 0 Å². The topological polar surface area (TPSA) is 82.8 Å². The number of aliphatic hydroxyl groups excluding tert-OH is 1. The van der Waals surface area contributed by atoms with Gasteiger partial charge in [0.1, 0.15) is 5.58 Å². The number of hydrogen-bond acceptors (Lipinski definition) is 5. The molecule has 0 bridgehead atoms. The molecule has 6 nitrogen and oxygen atoms in total. The highest BCUT2D eigenvalue weighted by Crippen LogP contribution is 2.38. The molecule has 1 aromatic heterocycles. The van der Waals surface area contributed by atoms with Crippen LogP contribution in [0.25, 0.3) is 22.1 Å². The first-order valence-electron chi connectivity index (χ1n) is 10.9. The predicted molar refractivity (Wildman–Crippen MR) is 119 cm³/mol. The van der Waals surface area contributed by atoms with Crippen LogP contribution in [-0.4, -0.2) is 48.2 Å². The fourth-order valence-electron chi connectivity index (χ4n) is 5.05. The standard InChI is InChI=1S/C25H26N2O4/c28-16-25-9-4-11-26-22(25)15-27(12-10-25)23(29)19-7-3-6-17(13-19)20-14-18-5-1-2-8-21(18)31-24(20)30/h1-3,5-8,13-14,22,26,28H,4,9-12,15-16H2/t22-,25-/m1/s1. The molecule has 2 aliphatic heterocycles. The molecule has 3 aromatic rings. The Labute approximate surface area is 180 Å². The van der Waals surface area contributed by atoms with Crippen molar-refractivity contribution in [3.05, 3.63) is 70.6 Å². The van der Waals surface area contributed by atoms with Crippen molar-refractivity contribution in [3.8, 4) is 11.1 Å². The van der Waals surface area contributed by atoms with Crippen LogP contribution < -0.4 is 10.9 Å². The van der Waals surface area contributed by atoms with Gasteiger partial charge in [0.2, 0.25) is 0 Å². The lowest BCUT2D eigenvalue weighted by atomic mass is 9.70. The minimum Gasteiger partial charge on any atom is -0.422 e. The van der Waals surface area contributed by atoms with Crippen molar-refractivity contribution in [1.82, 2.24) is 10.2 Å². The van der Waals surface area contributed by atoms with Crippen molar-refractivity contribution >= 4 is 16.9 Å². The van der Waals surface area contributed by atoms with Gasteiger partial charge in [0.25, 0.3) is 5.91 Å². The van der Waals surface area contributed by atoms with E-state index in [2.05, 4.69) is 5.32 Å². The number of aliphatic hydroxyl groups is 1. The summed E-state index contributed by atoms with van der Waals surface area (Å²) < 4.78 is 5.46. The second-order valence-electron chi connectivity index (χ2n) is 8.70. The first-order chi connectivity index (χ1) is 15.1. The van der Waals surface area contributed by atoms with Crippen molar-refractivity contribution < 1.29 is 14.3 Å². The van der Waals surface area contributed by atoms with E-state index in [1.165, 1.54) is 0 Å². The van der Waals surface area contributed by atoms with Gasteiger partial charge in [-0.25, -0.2) is 4.79 Å². The molecule has 0 radical (unpaired) electrons. The minimum absolute atomic E-state index is 0.0501. The quantitative estimate of drug-likeness (QED) is 0.639. The second kappa shape index (κ2) is 7.94. The molecule has 2 saturated heterocycles. The van der Waals surface area contributed by atoms with Crippen LogP contribution in [0.3, 0.4) is 0 Å². The zero-order valence-electron chi connectivity index (χ0n) is 17.3. The molecule has 5 rings (SSSR count). The van der Waals surface area contributed by atoms with Crippen LogP contribution >= 0.6 is 0 Å². The molecule has 0 saturated carbocycles. The number of rotatable bonds is 3. The summed E-state index contributed by atoms with van der Waals surface area (Å²) in [4.78, 5) is 27.7. The number of para-hydroxylation sites is 1. The number of amides is 1. The Morgan fingerprint density at radius 2 is 2.03 bits per heavy atom. The van der Waals surface area contributed by atoms with Crippen molar-refractivity contribution in [2.24, 2.45) is 5.41 Å². The summed E-state index contributed by atoms with van der Waals surface area (Å²) in [5, 5.41) is 14.3. The molecule has 31 heavy (non-hydrogen) atoms. The fraction of sp³-hybridized carbons (Fsp3) is 0.360. The number of likely N-dealkylation sites (tertiary alicyclic amines) is 1. The molecule has 0 spiro atoms. The zero-order valence-corrected chi connectivity index (χ0v) is 17.3. The van der Waals surface area contributed by atoms with Gasteiger partial charge in [-0.15, -0.1) is 0 Å². The third-order valence-electron chi connectivity index (χ3n) is 6.93. The predicted octanol–water partition coefficient (Wildman–Crippen LogP) is 3.04. The second-order valence-corrected chi connectivity index (χ2v) is 8.70. The molecule has 2 aliphatic rings. The van der Waals surface area contributed by atoms with Crippen LogP contribution in [0.1, 0.15) is 29.6 Å². The summed E-state index contributed by atoms with van der Waals surface area (Å²) in [5.41, 5.74) is 1.67. The van der Waals surface area contributed by atoms with E-state index >= 15 is 0 Å². The maximum atomic E-state index is 13.3. The number of piperidine rings is 2. The van der Waals surface area contributed by atoms with Gasteiger partial charge in [-0.05, 0) is 55.6 Å². The highest BCUT2D eigenvalue weighted by atomic mass is 16.4. The number of carbonyl (C=O) groups excluding carboxylic acids is 1. The molecule has 0 unspecified atom stereocenters. The molecule has 6 heteroatoms. The van der Waals surface area contributed by atoms with Crippen molar-refractivity contribution in [1.29, 1.82) is 0 Å². The van der Waals surface area contributed by atoms with Gasteiger partial charge in [0.05, 0.1) is 12.2 Å². The van der Waals surface area contributed by atoms with Gasteiger partial charge in [0, 0.05) is 35.5 Å². The van der Waals surface area contributed by atoms with E-state index in [0.717, 1.165) is 31.2 Å². The normalized spacial score (nSPS) is 23.5. The van der Waals surface area contributed by atoms with E-state index in [9.17, 15) is 14.7 Å². The van der Waals surface area contributed by atoms with Crippen LogP contribution in [0.4, 0.5) is 0 Å². The molecule has 2 N–H and O–H groups in total. The fourth-order valence-corrected chi connectivity index (χ4v) is 5.05. The molecule has 0 aliphatic carbocycles. The smallest absolute Gasteiger partial charge is 0.344 e. The van der Waals surface area contributed by atoms with Gasteiger partial charge < -0.3 is 19.7 Å². The van der Waals surface area contributed by atoms with E-state index < -0.39 is 5.63 Å². The lowest BCUT2D eigenvalue weighted by Gasteiger charge is -2.50. The summed E-state index contributed by atoms with van der Waals surface area (Å²) in [6.45, 7) is 2.28. The summed E-state index contributed by atoms with van der Waals surface area (Å²) in [6, 6.07) is 16.5. The van der Waals surface area contributed by atoms with Crippen molar-refractivity contribution in [2.45, 2.75) is 25.3 Å². The van der Waals surface area contributed by atoms with Crippen molar-refractivity contribution in [2.75, 3.05) is 26.2 Å². The van der Waals surface area contributed by atoms with Gasteiger partial charge in [-0.1, -0.05) is 30.3 Å². The van der Waals surface area contributed by atoms with E-state index in [4.69, 9.17) is 4.42 Å². The Kier molecular flexibility index (Phi) is 5.12. The number of fused-ring (bicyclic) bond motifs is 2. The lowest BCUT2D eigenvalue weighted by Crippen LogP contribution is -2.62. The highest BCUT2D eigenvalue weighted by molar-refractivity contribution is 5.96. The maximum Gasteiger partial charge on any atom is 0.344 e. The van der Waals surface area contributed by atoms with E-state index in [1.54, 1.807) is 24.3 Å². The zero-order chi connectivity index (χ0) is 21.4. The summed E-state index contributed by atoms with van der Waals surface area (Å²) in [6.07, 6.45) is 2.85. The third-order valence-corrected chi connectivity index (χ3v) is 6.93. The summed E-state index contributed by atoms with van der Waals surface area (Å²) in [5.74, 6) is -0.0501.